The van der Waals surface area contributed by atoms with Crippen LogP contribution in [0.25, 0.3) is 0 Å². The van der Waals surface area contributed by atoms with Gasteiger partial charge in [-0.1, -0.05) is 19.8 Å². The average Bonchev–Trinajstić information content (AvgIpc) is 2.17. The van der Waals surface area contributed by atoms with Crippen LogP contribution in [0.3, 0.4) is 0 Å². The van der Waals surface area contributed by atoms with Gasteiger partial charge in [-0.05, 0) is 30.6 Å². The van der Waals surface area contributed by atoms with Crippen LogP contribution in [-0.2, 0) is 9.59 Å². The number of carbonyl (C=O) groups excluding carboxylic acids is 2. The summed E-state index contributed by atoms with van der Waals surface area (Å²) in [6.45, 7) is 2.29. The standard InChI is InChI=1S/C12H19NO2/c1-8-2-4-9(5-3-8)10-6-11(14)13-12(15)7-10/h8-10H,2-7H2,1H3,(H,13,14,15). The van der Waals surface area contributed by atoms with Crippen molar-refractivity contribution in [3.63, 3.8) is 0 Å². The zero-order valence-corrected chi connectivity index (χ0v) is 9.29. The smallest absolute Gasteiger partial charge is 0.226 e. The molecular formula is C12H19NO2. The molecule has 1 saturated carbocycles. The first kappa shape index (κ1) is 10.7. The number of amides is 2. The molecule has 3 nitrogen and oxygen atoms in total. The Kier molecular flexibility index (Phi) is 3.08. The molecule has 0 aromatic heterocycles. The van der Waals surface area contributed by atoms with E-state index in [0.717, 1.165) is 5.92 Å². The van der Waals surface area contributed by atoms with E-state index in [2.05, 4.69) is 12.2 Å². The van der Waals surface area contributed by atoms with Crippen LogP contribution in [0, 0.1) is 17.8 Å². The monoisotopic (exact) mass is 209 g/mol. The summed E-state index contributed by atoms with van der Waals surface area (Å²) >= 11 is 0. The highest BCUT2D eigenvalue weighted by Gasteiger charge is 2.32. The van der Waals surface area contributed by atoms with Crippen LogP contribution in [0.15, 0.2) is 0 Å². The van der Waals surface area contributed by atoms with Crippen molar-refractivity contribution in [3.8, 4) is 0 Å². The number of carbonyl (C=O) groups is 2. The van der Waals surface area contributed by atoms with Gasteiger partial charge in [0.2, 0.25) is 11.8 Å². The van der Waals surface area contributed by atoms with E-state index in [1.807, 2.05) is 0 Å². The van der Waals surface area contributed by atoms with E-state index in [1.54, 1.807) is 0 Å². The summed E-state index contributed by atoms with van der Waals surface area (Å²) in [7, 11) is 0. The fraction of sp³-hybridized carbons (Fsp3) is 0.833. The number of imide groups is 1. The van der Waals surface area contributed by atoms with Gasteiger partial charge in [0.25, 0.3) is 0 Å². The Morgan fingerprint density at radius 2 is 1.47 bits per heavy atom. The van der Waals surface area contributed by atoms with Crippen LogP contribution in [0.1, 0.15) is 45.4 Å². The third kappa shape index (κ3) is 2.58. The predicted octanol–water partition coefficient (Wildman–Crippen LogP) is 1.87. The van der Waals surface area contributed by atoms with E-state index < -0.39 is 0 Å². The van der Waals surface area contributed by atoms with Crippen LogP contribution in [-0.4, -0.2) is 11.8 Å². The Hall–Kier alpha value is -0.860. The molecular weight excluding hydrogens is 190 g/mol. The van der Waals surface area contributed by atoms with Gasteiger partial charge in [0.15, 0.2) is 0 Å². The molecule has 1 N–H and O–H groups in total. The Balaban J connectivity index is 1.92. The summed E-state index contributed by atoms with van der Waals surface area (Å²) in [6.07, 6.45) is 6.04. The number of hydrogen-bond donors (Lipinski definition) is 1. The molecule has 0 bridgehead atoms. The van der Waals surface area contributed by atoms with Crippen LogP contribution < -0.4 is 5.32 Å². The van der Waals surface area contributed by atoms with Crippen LogP contribution in [0.5, 0.6) is 0 Å². The molecule has 3 heteroatoms. The Morgan fingerprint density at radius 1 is 0.933 bits per heavy atom. The largest absolute Gasteiger partial charge is 0.296 e. The maximum absolute atomic E-state index is 11.3. The van der Waals surface area contributed by atoms with Gasteiger partial charge in [-0.2, -0.15) is 0 Å². The van der Waals surface area contributed by atoms with Crippen molar-refractivity contribution in [1.82, 2.24) is 5.32 Å². The molecule has 0 aromatic carbocycles. The Morgan fingerprint density at radius 3 is 2.00 bits per heavy atom. The van der Waals surface area contributed by atoms with Crippen molar-refractivity contribution < 1.29 is 9.59 Å². The lowest BCUT2D eigenvalue weighted by molar-refractivity contribution is -0.135. The van der Waals surface area contributed by atoms with Gasteiger partial charge in [0.1, 0.15) is 0 Å². The van der Waals surface area contributed by atoms with Crippen molar-refractivity contribution in [1.29, 1.82) is 0 Å². The third-order valence-corrected chi connectivity index (χ3v) is 3.90. The zero-order chi connectivity index (χ0) is 10.8. The Labute approximate surface area is 90.6 Å². The summed E-state index contributed by atoms with van der Waals surface area (Å²) in [6, 6.07) is 0. The summed E-state index contributed by atoms with van der Waals surface area (Å²) in [5.74, 6) is 1.61. The molecule has 1 aliphatic carbocycles. The van der Waals surface area contributed by atoms with E-state index >= 15 is 0 Å². The maximum Gasteiger partial charge on any atom is 0.226 e. The Bertz CT molecular complexity index is 251. The topological polar surface area (TPSA) is 46.2 Å². The van der Waals surface area contributed by atoms with Crippen LogP contribution >= 0.6 is 0 Å². The van der Waals surface area contributed by atoms with Crippen molar-refractivity contribution in [2.75, 3.05) is 0 Å². The molecule has 1 aliphatic heterocycles. The average molecular weight is 209 g/mol. The molecule has 0 atom stereocenters. The normalized spacial score (nSPS) is 33.9. The molecule has 0 unspecified atom stereocenters. The molecule has 0 aromatic rings. The van der Waals surface area contributed by atoms with Crippen LogP contribution in [0.2, 0.25) is 0 Å². The first-order valence-corrected chi connectivity index (χ1v) is 5.98. The zero-order valence-electron chi connectivity index (χ0n) is 9.29. The fourth-order valence-electron chi connectivity index (χ4n) is 2.90. The minimum absolute atomic E-state index is 0.0742. The summed E-state index contributed by atoms with van der Waals surface area (Å²) in [5.41, 5.74) is 0. The molecule has 2 aliphatic rings. The summed E-state index contributed by atoms with van der Waals surface area (Å²) in [4.78, 5) is 22.5. The van der Waals surface area contributed by atoms with Crippen molar-refractivity contribution in [3.05, 3.63) is 0 Å². The molecule has 2 fully saturated rings. The van der Waals surface area contributed by atoms with Gasteiger partial charge >= 0.3 is 0 Å². The van der Waals surface area contributed by atoms with Gasteiger partial charge in [-0.3, -0.25) is 14.9 Å². The number of hydrogen-bond acceptors (Lipinski definition) is 2. The summed E-state index contributed by atoms with van der Waals surface area (Å²) in [5, 5.41) is 2.38. The number of rotatable bonds is 1. The molecule has 0 radical (unpaired) electrons. The van der Waals surface area contributed by atoms with Gasteiger partial charge in [-0.15, -0.1) is 0 Å². The molecule has 2 amide bonds. The lowest BCUT2D eigenvalue weighted by Gasteiger charge is -2.33. The second-order valence-corrected chi connectivity index (χ2v) is 5.16. The van der Waals surface area contributed by atoms with Crippen molar-refractivity contribution in [2.24, 2.45) is 17.8 Å². The third-order valence-electron chi connectivity index (χ3n) is 3.90. The van der Waals surface area contributed by atoms with Gasteiger partial charge in [-0.25, -0.2) is 0 Å². The van der Waals surface area contributed by atoms with E-state index in [0.29, 0.717) is 24.7 Å². The van der Waals surface area contributed by atoms with Gasteiger partial charge in [0.05, 0.1) is 0 Å². The van der Waals surface area contributed by atoms with E-state index in [-0.39, 0.29) is 11.8 Å². The predicted molar refractivity (Wildman–Crippen MR) is 57.0 cm³/mol. The first-order valence-electron chi connectivity index (χ1n) is 5.98. The molecule has 1 saturated heterocycles. The molecule has 15 heavy (non-hydrogen) atoms. The second-order valence-electron chi connectivity index (χ2n) is 5.16. The van der Waals surface area contributed by atoms with Gasteiger partial charge < -0.3 is 0 Å². The summed E-state index contributed by atoms with van der Waals surface area (Å²) < 4.78 is 0. The maximum atomic E-state index is 11.3. The fourth-order valence-corrected chi connectivity index (χ4v) is 2.90. The lowest BCUT2D eigenvalue weighted by atomic mass is 9.73. The van der Waals surface area contributed by atoms with Gasteiger partial charge in [0, 0.05) is 12.8 Å². The molecule has 0 spiro atoms. The lowest BCUT2D eigenvalue weighted by Crippen LogP contribution is -2.41. The highest BCUT2D eigenvalue weighted by atomic mass is 16.2. The van der Waals surface area contributed by atoms with Crippen molar-refractivity contribution in [2.45, 2.75) is 45.4 Å². The van der Waals surface area contributed by atoms with E-state index in [9.17, 15) is 9.59 Å². The molecule has 2 rings (SSSR count). The molecule has 1 heterocycles. The van der Waals surface area contributed by atoms with E-state index in [1.165, 1.54) is 25.7 Å². The highest BCUT2D eigenvalue weighted by molar-refractivity contribution is 5.97. The number of piperidine rings is 1. The molecule has 84 valence electrons. The quantitative estimate of drug-likeness (QED) is 0.670. The minimum Gasteiger partial charge on any atom is -0.296 e. The van der Waals surface area contributed by atoms with Crippen LogP contribution in [0.4, 0.5) is 0 Å². The second kappa shape index (κ2) is 4.33. The SMILES string of the molecule is CC1CCC(C2CC(=O)NC(=O)C2)CC1. The van der Waals surface area contributed by atoms with E-state index in [4.69, 9.17) is 0 Å². The highest BCUT2D eigenvalue weighted by Crippen LogP contribution is 2.36. The van der Waals surface area contributed by atoms with Crippen molar-refractivity contribution >= 4 is 11.8 Å². The number of nitrogens with one attached hydrogen (secondary N) is 1. The minimum atomic E-state index is -0.0742. The first-order chi connectivity index (χ1) is 7.15.